The SMILES string of the molecule is C[C]1[C](C)[C](C)[C](C)[C]1C.C[C]1[C](C)[C](C)[C](C)[C]1C.[CH2-]C.[CH3-].[Ti+2]. The summed E-state index contributed by atoms with van der Waals surface area (Å²) in [5.74, 6) is 14.7. The van der Waals surface area contributed by atoms with Crippen molar-refractivity contribution in [2.45, 2.75) is 76.2 Å². The van der Waals surface area contributed by atoms with Gasteiger partial charge in [-0.15, -0.1) is 0 Å². The second-order valence-electron chi connectivity index (χ2n) is 6.25. The standard InChI is InChI=1S/2C10H15.C2H5.CH3.Ti/c2*1-6-7(2)9(4)10(5)8(6)3;1-2;;/h2*1-5H3;1H2,2H3;1H3;/q;;2*-1;+2. The van der Waals surface area contributed by atoms with Gasteiger partial charge in [0.1, 0.15) is 0 Å². The number of hydrogen-bond donors (Lipinski definition) is 0. The minimum absolute atomic E-state index is 0. The molecule has 0 saturated heterocycles. The van der Waals surface area contributed by atoms with E-state index in [2.05, 4.69) is 76.2 Å². The molecule has 2 saturated carbocycles. The zero-order valence-corrected chi connectivity index (χ0v) is 19.8. The normalized spacial score (nSPS) is 24.0. The quantitative estimate of drug-likeness (QED) is 0.315. The molecule has 2 aliphatic carbocycles. The summed E-state index contributed by atoms with van der Waals surface area (Å²) in [6.07, 6.45) is 0. The molecule has 0 aromatic carbocycles. The van der Waals surface area contributed by atoms with E-state index >= 15 is 0 Å². The van der Waals surface area contributed by atoms with Crippen LogP contribution in [-0.2, 0) is 21.7 Å². The van der Waals surface area contributed by atoms with Crippen LogP contribution in [0.5, 0.6) is 0 Å². The van der Waals surface area contributed by atoms with Crippen LogP contribution in [0.15, 0.2) is 0 Å². The average molecular weight is 362 g/mol. The van der Waals surface area contributed by atoms with Gasteiger partial charge >= 0.3 is 21.7 Å². The smallest absolute Gasteiger partial charge is 0.358 e. The van der Waals surface area contributed by atoms with Gasteiger partial charge in [-0.3, -0.25) is 0 Å². The van der Waals surface area contributed by atoms with Gasteiger partial charge in [0.05, 0.1) is 0 Å². The van der Waals surface area contributed by atoms with Gasteiger partial charge in [0.2, 0.25) is 0 Å². The molecule has 0 aromatic rings. The topological polar surface area (TPSA) is 0 Å². The summed E-state index contributed by atoms with van der Waals surface area (Å²) in [7, 11) is 0. The van der Waals surface area contributed by atoms with Crippen LogP contribution in [0, 0.1) is 73.5 Å². The van der Waals surface area contributed by atoms with Gasteiger partial charge in [-0.05, 0) is 59.2 Å². The summed E-state index contributed by atoms with van der Waals surface area (Å²) in [5.41, 5.74) is 0. The third-order valence-corrected chi connectivity index (χ3v) is 5.62. The molecule has 0 aliphatic heterocycles. The molecular weight excluding hydrogens is 324 g/mol. The van der Waals surface area contributed by atoms with Crippen molar-refractivity contribution in [1.29, 1.82) is 0 Å². The Kier molecular flexibility index (Phi) is 15.9. The fourth-order valence-corrected chi connectivity index (χ4v) is 2.81. The molecule has 0 atom stereocenters. The van der Waals surface area contributed by atoms with Crippen LogP contribution in [0.25, 0.3) is 0 Å². The first kappa shape index (κ1) is 29.5. The van der Waals surface area contributed by atoms with E-state index in [-0.39, 0.29) is 29.1 Å². The van der Waals surface area contributed by atoms with Crippen molar-refractivity contribution in [3.05, 3.63) is 73.5 Å². The van der Waals surface area contributed by atoms with Crippen molar-refractivity contribution in [3.8, 4) is 0 Å². The monoisotopic (exact) mass is 362 g/mol. The van der Waals surface area contributed by atoms with Crippen LogP contribution >= 0.6 is 0 Å². The molecule has 134 valence electrons. The van der Waals surface area contributed by atoms with Gasteiger partial charge in [0, 0.05) is 0 Å². The molecule has 0 N–H and O–H groups in total. The molecule has 24 heavy (non-hydrogen) atoms. The van der Waals surface area contributed by atoms with Crippen molar-refractivity contribution in [2.24, 2.45) is 0 Å². The van der Waals surface area contributed by atoms with Crippen LogP contribution in [-0.4, -0.2) is 0 Å². The third-order valence-electron chi connectivity index (χ3n) is 5.62. The van der Waals surface area contributed by atoms with Crippen LogP contribution in [0.2, 0.25) is 0 Å². The van der Waals surface area contributed by atoms with Gasteiger partial charge in [-0.2, -0.15) is 6.92 Å². The molecule has 0 aromatic heterocycles. The Hall–Kier alpha value is 0.714. The molecule has 0 nitrogen and oxygen atoms in total. The molecule has 10 radical (unpaired) electrons. The Bertz CT molecular complexity index is 181. The van der Waals surface area contributed by atoms with Crippen LogP contribution in [0.1, 0.15) is 76.2 Å². The summed E-state index contributed by atoms with van der Waals surface area (Å²) in [5, 5.41) is 0. The minimum Gasteiger partial charge on any atom is -0.358 e. The predicted molar refractivity (Wildman–Crippen MR) is 107 cm³/mol. The van der Waals surface area contributed by atoms with Crippen molar-refractivity contribution in [3.63, 3.8) is 0 Å². The maximum atomic E-state index is 3.25. The van der Waals surface area contributed by atoms with Crippen molar-refractivity contribution in [1.82, 2.24) is 0 Å². The van der Waals surface area contributed by atoms with E-state index in [9.17, 15) is 0 Å². The number of hydrogen-bond acceptors (Lipinski definition) is 0. The van der Waals surface area contributed by atoms with E-state index in [1.54, 1.807) is 6.92 Å². The number of rotatable bonds is 0. The molecule has 0 spiro atoms. The van der Waals surface area contributed by atoms with Gasteiger partial charge in [-0.1, -0.05) is 69.2 Å². The van der Waals surface area contributed by atoms with Gasteiger partial charge in [0.15, 0.2) is 0 Å². The second kappa shape index (κ2) is 13.0. The van der Waals surface area contributed by atoms with E-state index in [1.165, 1.54) is 59.2 Å². The van der Waals surface area contributed by atoms with E-state index < -0.39 is 0 Å². The van der Waals surface area contributed by atoms with E-state index in [0.717, 1.165) is 0 Å². The Morgan fingerprint density at radius 1 is 0.333 bits per heavy atom. The first-order valence-electron chi connectivity index (χ1n) is 8.21. The predicted octanol–water partition coefficient (Wildman–Crippen LogP) is 7.23. The molecule has 0 bridgehead atoms. The van der Waals surface area contributed by atoms with Crippen molar-refractivity contribution in [2.75, 3.05) is 0 Å². The molecule has 0 heterocycles. The van der Waals surface area contributed by atoms with Crippen LogP contribution in [0.3, 0.4) is 0 Å². The third kappa shape index (κ3) is 6.46. The molecule has 0 amide bonds. The summed E-state index contributed by atoms with van der Waals surface area (Å²) in [6, 6.07) is 0. The van der Waals surface area contributed by atoms with Crippen molar-refractivity contribution < 1.29 is 21.7 Å². The first-order chi connectivity index (χ1) is 10.1. The molecular formula is C23H38Ti. The second-order valence-corrected chi connectivity index (χ2v) is 6.25. The van der Waals surface area contributed by atoms with Gasteiger partial charge in [-0.25, -0.2) is 0 Å². The van der Waals surface area contributed by atoms with E-state index in [0.29, 0.717) is 0 Å². The maximum Gasteiger partial charge on any atom is 2.00 e. The fourth-order valence-electron chi connectivity index (χ4n) is 2.81. The van der Waals surface area contributed by atoms with E-state index in [4.69, 9.17) is 0 Å². The molecule has 2 aliphatic rings. The largest absolute Gasteiger partial charge is 2.00 e. The van der Waals surface area contributed by atoms with Crippen LogP contribution in [0.4, 0.5) is 0 Å². The molecule has 1 heteroatoms. The Balaban J connectivity index is -0.000000310. The summed E-state index contributed by atoms with van der Waals surface area (Å²) >= 11 is 0. The average Bonchev–Trinajstić information content (AvgIpc) is 2.81. The Labute approximate surface area is 171 Å². The fraction of sp³-hybridized carbons (Fsp3) is 0.478. The van der Waals surface area contributed by atoms with Gasteiger partial charge in [0.25, 0.3) is 0 Å². The molecule has 0 unspecified atom stereocenters. The maximum absolute atomic E-state index is 3.25. The minimum atomic E-state index is 0. The zero-order valence-electron chi connectivity index (χ0n) is 18.2. The van der Waals surface area contributed by atoms with E-state index in [1.807, 2.05) is 0 Å². The summed E-state index contributed by atoms with van der Waals surface area (Å²) < 4.78 is 0. The summed E-state index contributed by atoms with van der Waals surface area (Å²) in [4.78, 5) is 0. The zero-order chi connectivity index (χ0) is 17.8. The molecule has 2 rings (SSSR count). The molecule has 2 fully saturated rings. The Morgan fingerprint density at radius 3 is 0.417 bits per heavy atom. The Morgan fingerprint density at radius 2 is 0.375 bits per heavy atom. The first-order valence-corrected chi connectivity index (χ1v) is 8.21. The van der Waals surface area contributed by atoms with Gasteiger partial charge < -0.3 is 14.4 Å². The van der Waals surface area contributed by atoms with Crippen molar-refractivity contribution >= 4 is 0 Å². The summed E-state index contributed by atoms with van der Waals surface area (Å²) in [6.45, 7) is 27.0. The van der Waals surface area contributed by atoms with Crippen LogP contribution < -0.4 is 0 Å².